The first kappa shape index (κ1) is 17.4. The van der Waals surface area contributed by atoms with Crippen molar-refractivity contribution in [3.05, 3.63) is 63.9 Å². The molecule has 0 bridgehead atoms. The first-order valence-electron chi connectivity index (χ1n) is 8.08. The number of nitriles is 1. The molecular weight excluding hydrogens is 385 g/mol. The van der Waals surface area contributed by atoms with Crippen molar-refractivity contribution in [1.29, 1.82) is 5.26 Å². The molecule has 0 atom stereocenters. The average molecular weight is 402 g/mol. The third kappa shape index (κ3) is 3.83. The summed E-state index contributed by atoms with van der Waals surface area (Å²) in [5.41, 5.74) is 1.72. The van der Waals surface area contributed by atoms with Gasteiger partial charge in [0.2, 0.25) is 0 Å². The van der Waals surface area contributed by atoms with Crippen LogP contribution >= 0.6 is 15.9 Å². The molecule has 1 saturated heterocycles. The van der Waals surface area contributed by atoms with Gasteiger partial charge in [0.25, 0.3) is 5.91 Å². The van der Waals surface area contributed by atoms with E-state index in [-0.39, 0.29) is 11.5 Å². The van der Waals surface area contributed by atoms with E-state index in [1.807, 2.05) is 6.07 Å². The van der Waals surface area contributed by atoms with Crippen molar-refractivity contribution in [2.24, 2.45) is 0 Å². The van der Waals surface area contributed by atoms with Crippen LogP contribution in [0, 0.1) is 17.1 Å². The molecule has 2 aromatic rings. The fourth-order valence-electron chi connectivity index (χ4n) is 3.00. The minimum Gasteiger partial charge on any atom is -0.369 e. The molecule has 6 heteroatoms. The first-order chi connectivity index (χ1) is 12.1. The smallest absolute Gasteiger partial charge is 0.256 e. The van der Waals surface area contributed by atoms with Crippen LogP contribution in [0.2, 0.25) is 0 Å². The van der Waals surface area contributed by atoms with Crippen LogP contribution in [0.4, 0.5) is 10.1 Å². The number of anilines is 1. The lowest BCUT2D eigenvalue weighted by Crippen LogP contribution is -2.35. The zero-order chi connectivity index (χ0) is 17.8. The predicted molar refractivity (Wildman–Crippen MR) is 98.0 cm³/mol. The Morgan fingerprint density at radius 2 is 1.92 bits per heavy atom. The molecule has 25 heavy (non-hydrogen) atoms. The highest BCUT2D eigenvalue weighted by Gasteiger charge is 2.23. The van der Waals surface area contributed by atoms with Gasteiger partial charge in [-0.2, -0.15) is 5.26 Å². The molecule has 0 N–H and O–H groups in total. The van der Waals surface area contributed by atoms with E-state index in [4.69, 9.17) is 5.26 Å². The van der Waals surface area contributed by atoms with Crippen LogP contribution in [-0.4, -0.2) is 37.0 Å². The lowest BCUT2D eigenvalue weighted by atomic mass is 10.2. The second-order valence-electron chi connectivity index (χ2n) is 5.89. The summed E-state index contributed by atoms with van der Waals surface area (Å²) in [6.45, 7) is 2.58. The Morgan fingerprint density at radius 1 is 1.12 bits per heavy atom. The molecule has 0 unspecified atom stereocenters. The molecule has 128 valence electrons. The summed E-state index contributed by atoms with van der Waals surface area (Å²) in [7, 11) is 0. The monoisotopic (exact) mass is 401 g/mol. The van der Waals surface area contributed by atoms with E-state index < -0.39 is 5.82 Å². The molecule has 2 aromatic carbocycles. The van der Waals surface area contributed by atoms with Gasteiger partial charge in [0.05, 0.1) is 22.9 Å². The topological polar surface area (TPSA) is 47.3 Å². The Kier molecular flexibility index (Phi) is 5.34. The van der Waals surface area contributed by atoms with Gasteiger partial charge in [-0.15, -0.1) is 0 Å². The second-order valence-corrected chi connectivity index (χ2v) is 6.74. The highest BCUT2D eigenvalue weighted by molar-refractivity contribution is 9.10. The lowest BCUT2D eigenvalue weighted by Gasteiger charge is -2.25. The summed E-state index contributed by atoms with van der Waals surface area (Å²) in [6, 6.07) is 13.7. The van der Waals surface area contributed by atoms with E-state index >= 15 is 0 Å². The normalized spacial score (nSPS) is 14.8. The summed E-state index contributed by atoms with van der Waals surface area (Å²) in [5, 5.41) is 8.98. The second kappa shape index (κ2) is 7.66. The Balaban J connectivity index is 1.74. The number of carbonyl (C=O) groups is 1. The number of benzene rings is 2. The molecular formula is C19H17BrFN3O. The number of nitrogens with zero attached hydrogens (tertiary/aromatic N) is 3. The molecule has 4 nitrogen and oxygen atoms in total. The summed E-state index contributed by atoms with van der Waals surface area (Å²) in [5.74, 6) is -0.748. The zero-order valence-electron chi connectivity index (χ0n) is 13.6. The molecule has 0 saturated carbocycles. The SMILES string of the molecule is N#Cc1ccc(N2CCCN(C(=O)c3ccccc3F)CC2)c(Br)c1. The van der Waals surface area contributed by atoms with Gasteiger partial charge in [-0.25, -0.2) is 4.39 Å². The van der Waals surface area contributed by atoms with Crippen LogP contribution in [0.5, 0.6) is 0 Å². The maximum absolute atomic E-state index is 13.9. The number of halogens is 2. The van der Waals surface area contributed by atoms with Crippen molar-refractivity contribution < 1.29 is 9.18 Å². The van der Waals surface area contributed by atoms with E-state index in [9.17, 15) is 9.18 Å². The molecule has 3 rings (SSSR count). The maximum Gasteiger partial charge on any atom is 0.256 e. The van der Waals surface area contributed by atoms with Crippen LogP contribution in [0.3, 0.4) is 0 Å². The third-order valence-electron chi connectivity index (χ3n) is 4.30. The first-order valence-corrected chi connectivity index (χ1v) is 8.88. The van der Waals surface area contributed by atoms with Gasteiger partial charge < -0.3 is 9.80 Å². The number of carbonyl (C=O) groups excluding carboxylic acids is 1. The molecule has 0 radical (unpaired) electrons. The van der Waals surface area contributed by atoms with Crippen molar-refractivity contribution in [3.8, 4) is 6.07 Å². The molecule has 1 aliphatic rings. The highest BCUT2D eigenvalue weighted by atomic mass is 79.9. The molecule has 0 aliphatic carbocycles. The van der Waals surface area contributed by atoms with E-state index in [1.54, 1.807) is 29.2 Å². The Morgan fingerprint density at radius 3 is 2.64 bits per heavy atom. The lowest BCUT2D eigenvalue weighted by molar-refractivity contribution is 0.0762. The Bertz CT molecular complexity index is 834. The van der Waals surface area contributed by atoms with Crippen molar-refractivity contribution in [1.82, 2.24) is 4.90 Å². The van der Waals surface area contributed by atoms with E-state index in [0.717, 1.165) is 23.1 Å². The predicted octanol–water partition coefficient (Wildman–Crippen LogP) is 3.81. The molecule has 1 aliphatic heterocycles. The summed E-state index contributed by atoms with van der Waals surface area (Å²) >= 11 is 3.52. The minimum atomic E-state index is -0.483. The summed E-state index contributed by atoms with van der Waals surface area (Å²) < 4.78 is 14.7. The van der Waals surface area contributed by atoms with Crippen molar-refractivity contribution in [2.45, 2.75) is 6.42 Å². The molecule has 1 heterocycles. The standard InChI is InChI=1S/C19H17BrFN3O/c20-16-12-14(13-22)6-7-18(16)23-8-3-9-24(11-10-23)19(25)15-4-1-2-5-17(15)21/h1-2,4-7,12H,3,8-11H2. The maximum atomic E-state index is 13.9. The van der Waals surface area contributed by atoms with E-state index in [2.05, 4.69) is 26.9 Å². The van der Waals surface area contributed by atoms with Crippen molar-refractivity contribution in [2.75, 3.05) is 31.1 Å². The molecule has 1 amide bonds. The van der Waals surface area contributed by atoms with Crippen molar-refractivity contribution in [3.63, 3.8) is 0 Å². The number of hydrogen-bond acceptors (Lipinski definition) is 3. The minimum absolute atomic E-state index is 0.121. The highest BCUT2D eigenvalue weighted by Crippen LogP contribution is 2.28. The Hall–Kier alpha value is -2.39. The van der Waals surface area contributed by atoms with E-state index in [1.165, 1.54) is 12.1 Å². The van der Waals surface area contributed by atoms with Gasteiger partial charge in [0.1, 0.15) is 5.82 Å². The fourth-order valence-corrected chi connectivity index (χ4v) is 3.63. The van der Waals surface area contributed by atoms with E-state index in [0.29, 0.717) is 25.2 Å². The Labute approximate surface area is 154 Å². The number of rotatable bonds is 2. The number of amides is 1. The third-order valence-corrected chi connectivity index (χ3v) is 4.94. The van der Waals surface area contributed by atoms with Crippen LogP contribution in [0.15, 0.2) is 46.9 Å². The van der Waals surface area contributed by atoms with Crippen LogP contribution in [0.25, 0.3) is 0 Å². The summed E-state index contributed by atoms with van der Waals surface area (Å²) in [6.07, 6.45) is 0.798. The van der Waals surface area contributed by atoms with Gasteiger partial charge >= 0.3 is 0 Å². The van der Waals surface area contributed by atoms with Gasteiger partial charge in [0.15, 0.2) is 0 Å². The van der Waals surface area contributed by atoms with Crippen LogP contribution < -0.4 is 4.90 Å². The van der Waals surface area contributed by atoms with Gasteiger partial charge in [-0.3, -0.25) is 4.79 Å². The molecule has 0 spiro atoms. The largest absolute Gasteiger partial charge is 0.369 e. The zero-order valence-corrected chi connectivity index (χ0v) is 15.2. The summed E-state index contributed by atoms with van der Waals surface area (Å²) in [4.78, 5) is 16.5. The van der Waals surface area contributed by atoms with Gasteiger partial charge in [-0.1, -0.05) is 12.1 Å². The van der Waals surface area contributed by atoms with Crippen LogP contribution in [-0.2, 0) is 0 Å². The fraction of sp³-hybridized carbons (Fsp3) is 0.263. The van der Waals surface area contributed by atoms with Gasteiger partial charge in [0, 0.05) is 30.7 Å². The van der Waals surface area contributed by atoms with Crippen LogP contribution in [0.1, 0.15) is 22.3 Å². The number of hydrogen-bond donors (Lipinski definition) is 0. The van der Waals surface area contributed by atoms with Crippen molar-refractivity contribution >= 4 is 27.5 Å². The van der Waals surface area contributed by atoms with Gasteiger partial charge in [-0.05, 0) is 52.7 Å². The average Bonchev–Trinajstić information content (AvgIpc) is 2.87. The molecule has 0 aromatic heterocycles. The quantitative estimate of drug-likeness (QED) is 0.768. The molecule has 1 fully saturated rings.